The summed E-state index contributed by atoms with van der Waals surface area (Å²) in [5.41, 5.74) is 6.37. The zero-order valence-electron chi connectivity index (χ0n) is 13.8. The number of hydrogen-bond donors (Lipinski definition) is 0. The Labute approximate surface area is 134 Å². The van der Waals surface area contributed by atoms with Crippen LogP contribution in [0.5, 0.6) is 0 Å². The summed E-state index contributed by atoms with van der Waals surface area (Å²) in [5.74, 6) is 0. The van der Waals surface area contributed by atoms with Crippen LogP contribution in [-0.2, 0) is 0 Å². The topological polar surface area (TPSA) is 3.24 Å². The Hall–Kier alpha value is -2.02. The van der Waals surface area contributed by atoms with Crippen LogP contribution in [0.4, 0.5) is 5.69 Å². The lowest BCUT2D eigenvalue weighted by atomic mass is 9.97. The second-order valence-electron chi connectivity index (χ2n) is 6.52. The molecule has 1 aliphatic rings. The molecule has 2 unspecified atom stereocenters. The molecular formula is C21H25N. The Kier molecular flexibility index (Phi) is 4.06. The van der Waals surface area contributed by atoms with E-state index in [4.69, 9.17) is 0 Å². The molecule has 1 heterocycles. The molecule has 0 spiro atoms. The summed E-state index contributed by atoms with van der Waals surface area (Å²) in [7, 11) is 0. The molecule has 1 aliphatic heterocycles. The van der Waals surface area contributed by atoms with Crippen molar-refractivity contribution in [2.45, 2.75) is 45.7 Å². The van der Waals surface area contributed by atoms with E-state index in [1.54, 1.807) is 0 Å². The first kappa shape index (κ1) is 14.9. The Balaban J connectivity index is 2.06. The summed E-state index contributed by atoms with van der Waals surface area (Å²) in [6, 6.07) is 16.8. The van der Waals surface area contributed by atoms with Crippen LogP contribution in [0.3, 0.4) is 0 Å². The maximum Gasteiger partial charge on any atom is 0.0377 e. The van der Waals surface area contributed by atoms with Gasteiger partial charge in [-0.25, -0.2) is 0 Å². The van der Waals surface area contributed by atoms with Crippen LogP contribution in [-0.4, -0.2) is 12.1 Å². The average molecular weight is 291 g/mol. The summed E-state index contributed by atoms with van der Waals surface area (Å²) in [6.45, 7) is 10.8. The summed E-state index contributed by atoms with van der Waals surface area (Å²) in [4.78, 5) is 2.56. The van der Waals surface area contributed by atoms with Gasteiger partial charge in [0.1, 0.15) is 0 Å². The van der Waals surface area contributed by atoms with Crippen molar-refractivity contribution in [3.63, 3.8) is 0 Å². The molecule has 22 heavy (non-hydrogen) atoms. The van der Waals surface area contributed by atoms with Crippen molar-refractivity contribution in [3.8, 4) is 11.1 Å². The van der Waals surface area contributed by atoms with Gasteiger partial charge in [0, 0.05) is 17.8 Å². The average Bonchev–Trinajstić information content (AvgIpc) is 2.86. The molecule has 1 nitrogen and oxygen atoms in total. The first-order valence-corrected chi connectivity index (χ1v) is 8.22. The first-order valence-electron chi connectivity index (χ1n) is 8.22. The quantitative estimate of drug-likeness (QED) is 0.703. The molecule has 0 saturated carbocycles. The van der Waals surface area contributed by atoms with Crippen molar-refractivity contribution in [3.05, 3.63) is 60.2 Å². The minimum Gasteiger partial charge on any atom is -0.366 e. The molecule has 1 saturated heterocycles. The third-order valence-electron chi connectivity index (χ3n) is 4.87. The summed E-state index contributed by atoms with van der Waals surface area (Å²) in [5, 5.41) is 0. The Morgan fingerprint density at radius 3 is 2.23 bits per heavy atom. The van der Waals surface area contributed by atoms with E-state index in [0.29, 0.717) is 12.1 Å². The highest BCUT2D eigenvalue weighted by Gasteiger charge is 2.27. The van der Waals surface area contributed by atoms with Gasteiger partial charge in [-0.05, 0) is 62.4 Å². The number of rotatable bonds is 3. The van der Waals surface area contributed by atoms with Crippen LogP contribution in [0.2, 0.25) is 0 Å². The van der Waals surface area contributed by atoms with Crippen LogP contribution in [0.25, 0.3) is 17.2 Å². The third-order valence-corrected chi connectivity index (χ3v) is 4.87. The Bertz CT molecular complexity index is 659. The standard InChI is InChI=1S/C21H25N/c1-5-18-12-13-20(22-16(3)8-9-17(22)4)14-21(18)19-10-6-15(2)7-11-19/h5-7,10-14,16-17H,1,8-9H2,2-4H3. The second kappa shape index (κ2) is 6.00. The molecule has 2 aromatic rings. The number of hydrogen-bond acceptors (Lipinski definition) is 1. The molecule has 0 radical (unpaired) electrons. The molecule has 0 aromatic heterocycles. The molecule has 3 rings (SSSR count). The highest BCUT2D eigenvalue weighted by molar-refractivity contribution is 5.78. The predicted molar refractivity (Wildman–Crippen MR) is 97.3 cm³/mol. The fourth-order valence-electron chi connectivity index (χ4n) is 3.57. The molecule has 0 N–H and O–H groups in total. The van der Waals surface area contributed by atoms with Crippen LogP contribution in [0.1, 0.15) is 37.8 Å². The SMILES string of the molecule is C=Cc1ccc(N2C(C)CCC2C)cc1-c1ccc(C)cc1. The van der Waals surface area contributed by atoms with Crippen LogP contribution in [0, 0.1) is 6.92 Å². The van der Waals surface area contributed by atoms with Crippen molar-refractivity contribution in [1.29, 1.82) is 0 Å². The fraction of sp³-hybridized carbons (Fsp3) is 0.333. The summed E-state index contributed by atoms with van der Waals surface area (Å²) < 4.78 is 0. The van der Waals surface area contributed by atoms with Gasteiger partial charge in [0.2, 0.25) is 0 Å². The molecule has 114 valence electrons. The van der Waals surface area contributed by atoms with Crippen LogP contribution in [0.15, 0.2) is 49.0 Å². The second-order valence-corrected chi connectivity index (χ2v) is 6.52. The lowest BCUT2D eigenvalue weighted by Gasteiger charge is -2.29. The fourth-order valence-corrected chi connectivity index (χ4v) is 3.57. The molecule has 1 heteroatoms. The first-order chi connectivity index (χ1) is 10.6. The van der Waals surface area contributed by atoms with Gasteiger partial charge < -0.3 is 4.90 Å². The maximum absolute atomic E-state index is 3.98. The van der Waals surface area contributed by atoms with Gasteiger partial charge in [0.05, 0.1) is 0 Å². The van der Waals surface area contributed by atoms with Crippen LogP contribution < -0.4 is 4.90 Å². The molecule has 2 aromatic carbocycles. The number of aryl methyl sites for hydroxylation is 1. The number of nitrogens with zero attached hydrogens (tertiary/aromatic N) is 1. The van der Waals surface area contributed by atoms with Gasteiger partial charge in [0.15, 0.2) is 0 Å². The van der Waals surface area contributed by atoms with Gasteiger partial charge in [-0.1, -0.05) is 48.6 Å². The van der Waals surface area contributed by atoms with Gasteiger partial charge in [-0.3, -0.25) is 0 Å². The van der Waals surface area contributed by atoms with Crippen molar-refractivity contribution >= 4 is 11.8 Å². The van der Waals surface area contributed by atoms with Gasteiger partial charge in [0.25, 0.3) is 0 Å². The van der Waals surface area contributed by atoms with E-state index in [1.807, 2.05) is 6.08 Å². The van der Waals surface area contributed by atoms with E-state index in [0.717, 1.165) is 0 Å². The van der Waals surface area contributed by atoms with E-state index in [9.17, 15) is 0 Å². The van der Waals surface area contributed by atoms with Crippen molar-refractivity contribution in [2.24, 2.45) is 0 Å². The molecule has 0 bridgehead atoms. The third kappa shape index (κ3) is 2.68. The molecular weight excluding hydrogens is 266 g/mol. The zero-order chi connectivity index (χ0) is 15.7. The van der Waals surface area contributed by atoms with Crippen molar-refractivity contribution in [1.82, 2.24) is 0 Å². The molecule has 0 amide bonds. The van der Waals surface area contributed by atoms with Crippen molar-refractivity contribution < 1.29 is 0 Å². The normalized spacial score (nSPS) is 21.1. The van der Waals surface area contributed by atoms with E-state index < -0.39 is 0 Å². The predicted octanol–water partition coefficient (Wildman–Crippen LogP) is 5.68. The summed E-state index contributed by atoms with van der Waals surface area (Å²) >= 11 is 0. The molecule has 1 fully saturated rings. The van der Waals surface area contributed by atoms with E-state index in [1.165, 1.54) is 40.8 Å². The van der Waals surface area contributed by atoms with Gasteiger partial charge in [-0.15, -0.1) is 0 Å². The highest BCUT2D eigenvalue weighted by Crippen LogP contribution is 2.35. The Morgan fingerprint density at radius 2 is 1.64 bits per heavy atom. The van der Waals surface area contributed by atoms with Crippen LogP contribution >= 0.6 is 0 Å². The largest absolute Gasteiger partial charge is 0.366 e. The van der Waals surface area contributed by atoms with Gasteiger partial charge >= 0.3 is 0 Å². The number of benzene rings is 2. The smallest absolute Gasteiger partial charge is 0.0377 e. The van der Waals surface area contributed by atoms with E-state index in [-0.39, 0.29) is 0 Å². The minimum atomic E-state index is 0.621. The minimum absolute atomic E-state index is 0.621. The maximum atomic E-state index is 3.98. The van der Waals surface area contributed by atoms with Gasteiger partial charge in [-0.2, -0.15) is 0 Å². The monoisotopic (exact) mass is 291 g/mol. The lowest BCUT2D eigenvalue weighted by Crippen LogP contribution is -2.32. The van der Waals surface area contributed by atoms with E-state index in [2.05, 4.69) is 74.7 Å². The van der Waals surface area contributed by atoms with E-state index >= 15 is 0 Å². The summed E-state index contributed by atoms with van der Waals surface area (Å²) in [6.07, 6.45) is 4.52. The molecule has 2 atom stereocenters. The lowest BCUT2D eigenvalue weighted by molar-refractivity contribution is 0.694. The Morgan fingerprint density at radius 1 is 1.00 bits per heavy atom. The number of anilines is 1. The van der Waals surface area contributed by atoms with Crippen molar-refractivity contribution in [2.75, 3.05) is 4.90 Å². The highest BCUT2D eigenvalue weighted by atomic mass is 15.2. The molecule has 0 aliphatic carbocycles. The zero-order valence-corrected chi connectivity index (χ0v) is 13.8.